The number of rotatable bonds is 5. The second-order valence-electron chi connectivity index (χ2n) is 4.68. The number of nitrogens with two attached hydrogens (primary N) is 1. The van der Waals surface area contributed by atoms with E-state index in [1.165, 1.54) is 6.07 Å². The van der Waals surface area contributed by atoms with Crippen LogP contribution >= 0.6 is 22.9 Å². The molecule has 2 N–H and O–H groups in total. The van der Waals surface area contributed by atoms with Gasteiger partial charge in [0, 0.05) is 5.56 Å². The normalized spacial score (nSPS) is 10.2. The minimum absolute atomic E-state index is 0.0394. The van der Waals surface area contributed by atoms with Crippen molar-refractivity contribution in [3.63, 3.8) is 0 Å². The van der Waals surface area contributed by atoms with Crippen LogP contribution in [0.1, 0.15) is 38.1 Å². The Labute approximate surface area is 151 Å². The predicted octanol–water partition coefficient (Wildman–Crippen LogP) is 3.53. The number of thiophene rings is 1. The maximum Gasteiger partial charge on any atom is 0.348 e. The first-order valence-electron chi connectivity index (χ1n) is 6.99. The molecule has 9 heteroatoms. The molecular weight excluding hydrogens is 371 g/mol. The van der Waals surface area contributed by atoms with Crippen LogP contribution in [0, 0.1) is 17.1 Å². The molecule has 0 radical (unpaired) electrons. The van der Waals surface area contributed by atoms with E-state index in [-0.39, 0.29) is 44.8 Å². The third kappa shape index (κ3) is 4.07. The van der Waals surface area contributed by atoms with Gasteiger partial charge >= 0.3 is 11.9 Å². The van der Waals surface area contributed by atoms with Crippen molar-refractivity contribution in [1.82, 2.24) is 0 Å². The third-order valence-corrected chi connectivity index (χ3v) is 4.46. The molecule has 1 aromatic carbocycles. The second-order valence-corrected chi connectivity index (χ2v) is 6.14. The number of halogens is 2. The van der Waals surface area contributed by atoms with Gasteiger partial charge in [0.05, 0.1) is 22.8 Å². The van der Waals surface area contributed by atoms with E-state index < -0.39 is 17.8 Å². The van der Waals surface area contributed by atoms with Crippen molar-refractivity contribution in [2.45, 2.75) is 13.5 Å². The molecule has 0 unspecified atom stereocenters. The number of benzene rings is 1. The number of carbonyl (C=O) groups is 2. The number of nitrogen functional groups attached to an aromatic ring is 1. The lowest BCUT2D eigenvalue weighted by Crippen LogP contribution is -2.10. The van der Waals surface area contributed by atoms with Gasteiger partial charge < -0.3 is 15.2 Å². The summed E-state index contributed by atoms with van der Waals surface area (Å²) >= 11 is 6.69. The molecule has 25 heavy (non-hydrogen) atoms. The molecule has 0 aliphatic heterocycles. The molecule has 0 spiro atoms. The zero-order valence-corrected chi connectivity index (χ0v) is 14.5. The largest absolute Gasteiger partial charge is 0.462 e. The summed E-state index contributed by atoms with van der Waals surface area (Å²) in [6.07, 6.45) is 0. The fraction of sp³-hybridized carbons (Fsp3) is 0.188. The molecular formula is C16H12ClFN2O4S. The highest BCUT2D eigenvalue weighted by Crippen LogP contribution is 2.32. The van der Waals surface area contributed by atoms with E-state index in [1.807, 2.05) is 6.07 Å². The fourth-order valence-corrected chi connectivity index (χ4v) is 3.14. The summed E-state index contributed by atoms with van der Waals surface area (Å²) in [6, 6.07) is 5.10. The van der Waals surface area contributed by atoms with Gasteiger partial charge in [-0.2, -0.15) is 5.26 Å². The Balaban J connectivity index is 2.26. The first-order valence-corrected chi connectivity index (χ1v) is 8.19. The summed E-state index contributed by atoms with van der Waals surface area (Å²) in [5.41, 5.74) is 5.90. The number of hydrogen-bond acceptors (Lipinski definition) is 7. The lowest BCUT2D eigenvalue weighted by molar-refractivity contribution is 0.0453. The zero-order valence-electron chi connectivity index (χ0n) is 13.0. The first-order chi connectivity index (χ1) is 11.9. The van der Waals surface area contributed by atoms with Crippen molar-refractivity contribution in [1.29, 1.82) is 5.26 Å². The molecule has 0 bridgehead atoms. The number of nitrogens with zero attached hydrogens (tertiary/aromatic N) is 1. The minimum Gasteiger partial charge on any atom is -0.462 e. The van der Waals surface area contributed by atoms with Gasteiger partial charge in [-0.05, 0) is 25.1 Å². The molecule has 2 rings (SSSR count). The number of anilines is 1. The van der Waals surface area contributed by atoms with Gasteiger partial charge in [-0.15, -0.1) is 11.3 Å². The van der Waals surface area contributed by atoms with Crippen LogP contribution in [-0.2, 0) is 16.1 Å². The van der Waals surface area contributed by atoms with Crippen LogP contribution in [0.3, 0.4) is 0 Å². The number of ether oxygens (including phenoxy) is 2. The highest BCUT2D eigenvalue weighted by Gasteiger charge is 2.24. The highest BCUT2D eigenvalue weighted by atomic mass is 35.5. The lowest BCUT2D eigenvalue weighted by atomic mass is 10.1. The average Bonchev–Trinajstić information content (AvgIpc) is 2.88. The summed E-state index contributed by atoms with van der Waals surface area (Å²) in [6.45, 7) is 1.40. The van der Waals surface area contributed by atoms with Gasteiger partial charge in [0.15, 0.2) is 0 Å². The molecule has 2 aromatic rings. The molecule has 0 amide bonds. The SMILES string of the molecule is CCOC(=O)c1sc(N)c(C#N)c1COC(=O)c1ccc(F)cc1Cl. The first kappa shape index (κ1) is 18.7. The van der Waals surface area contributed by atoms with E-state index in [0.717, 1.165) is 23.5 Å². The Morgan fingerprint density at radius 3 is 2.68 bits per heavy atom. The standard InChI is InChI=1S/C16H12ClFN2O4S/c1-2-23-16(22)13-11(10(6-19)14(20)25-13)7-24-15(21)9-4-3-8(18)5-12(9)17/h3-5H,2,7,20H2,1H3. The Morgan fingerprint density at radius 2 is 2.08 bits per heavy atom. The molecule has 1 aromatic heterocycles. The van der Waals surface area contributed by atoms with Crippen molar-refractivity contribution in [2.75, 3.05) is 12.3 Å². The monoisotopic (exact) mass is 382 g/mol. The van der Waals surface area contributed by atoms with E-state index in [1.54, 1.807) is 6.92 Å². The molecule has 0 atom stereocenters. The summed E-state index contributed by atoms with van der Waals surface area (Å²) in [5, 5.41) is 9.21. The van der Waals surface area contributed by atoms with Crippen molar-refractivity contribution >= 4 is 39.9 Å². The number of hydrogen-bond donors (Lipinski definition) is 1. The summed E-state index contributed by atoms with van der Waals surface area (Å²) < 4.78 is 23.1. The van der Waals surface area contributed by atoms with Crippen LogP contribution in [0.4, 0.5) is 9.39 Å². The molecule has 6 nitrogen and oxygen atoms in total. The number of esters is 2. The van der Waals surface area contributed by atoms with Crippen LogP contribution in [0.15, 0.2) is 18.2 Å². The van der Waals surface area contributed by atoms with E-state index in [0.29, 0.717) is 0 Å². The fourth-order valence-electron chi connectivity index (χ4n) is 1.98. The maximum atomic E-state index is 13.0. The second kappa shape index (κ2) is 7.96. The Morgan fingerprint density at radius 1 is 1.36 bits per heavy atom. The molecule has 1 heterocycles. The smallest absolute Gasteiger partial charge is 0.348 e. The molecule has 0 aliphatic carbocycles. The van der Waals surface area contributed by atoms with Crippen molar-refractivity contribution in [3.8, 4) is 6.07 Å². The Kier molecular flexibility index (Phi) is 5.96. The van der Waals surface area contributed by atoms with Crippen LogP contribution in [-0.4, -0.2) is 18.5 Å². The molecule has 0 aliphatic rings. The van der Waals surface area contributed by atoms with Gasteiger partial charge in [0.25, 0.3) is 0 Å². The Bertz CT molecular complexity index is 876. The van der Waals surface area contributed by atoms with Gasteiger partial charge in [-0.1, -0.05) is 11.6 Å². The van der Waals surface area contributed by atoms with Crippen LogP contribution in [0.2, 0.25) is 5.02 Å². The number of carbonyl (C=O) groups excluding carboxylic acids is 2. The highest BCUT2D eigenvalue weighted by molar-refractivity contribution is 7.18. The average molecular weight is 383 g/mol. The molecule has 0 saturated carbocycles. The third-order valence-electron chi connectivity index (χ3n) is 3.11. The van der Waals surface area contributed by atoms with Crippen molar-refractivity contribution < 1.29 is 23.5 Å². The van der Waals surface area contributed by atoms with Crippen molar-refractivity contribution in [2.24, 2.45) is 0 Å². The van der Waals surface area contributed by atoms with Crippen molar-refractivity contribution in [3.05, 3.63) is 50.6 Å². The zero-order chi connectivity index (χ0) is 18.6. The van der Waals surface area contributed by atoms with Gasteiger partial charge in [-0.25, -0.2) is 14.0 Å². The molecule has 0 saturated heterocycles. The van der Waals surface area contributed by atoms with Gasteiger partial charge in [0.1, 0.15) is 28.4 Å². The lowest BCUT2D eigenvalue weighted by Gasteiger charge is -2.08. The minimum atomic E-state index is -0.825. The van der Waals surface area contributed by atoms with E-state index >= 15 is 0 Å². The maximum absolute atomic E-state index is 13.0. The van der Waals surface area contributed by atoms with Crippen LogP contribution < -0.4 is 5.73 Å². The molecule has 130 valence electrons. The van der Waals surface area contributed by atoms with Crippen LogP contribution in [0.5, 0.6) is 0 Å². The van der Waals surface area contributed by atoms with E-state index in [2.05, 4.69) is 0 Å². The number of nitriles is 1. The van der Waals surface area contributed by atoms with E-state index in [4.69, 9.17) is 26.8 Å². The van der Waals surface area contributed by atoms with Gasteiger partial charge in [0.2, 0.25) is 0 Å². The Hall–Kier alpha value is -2.63. The summed E-state index contributed by atoms with van der Waals surface area (Å²) in [4.78, 5) is 24.2. The van der Waals surface area contributed by atoms with Crippen LogP contribution in [0.25, 0.3) is 0 Å². The summed E-state index contributed by atoms with van der Waals surface area (Å²) in [5.74, 6) is -2.08. The van der Waals surface area contributed by atoms with Gasteiger partial charge in [-0.3, -0.25) is 0 Å². The summed E-state index contributed by atoms with van der Waals surface area (Å²) in [7, 11) is 0. The quantitative estimate of drug-likeness (QED) is 0.793. The predicted molar refractivity (Wildman–Crippen MR) is 89.9 cm³/mol. The topological polar surface area (TPSA) is 102 Å². The van der Waals surface area contributed by atoms with E-state index in [9.17, 15) is 19.2 Å². The molecule has 0 fully saturated rings.